The van der Waals surface area contributed by atoms with Gasteiger partial charge in [0, 0.05) is 12.1 Å². The van der Waals surface area contributed by atoms with Crippen LogP contribution >= 0.6 is 24.4 Å². The number of benzene rings is 1. The summed E-state index contributed by atoms with van der Waals surface area (Å²) in [5.41, 5.74) is 0.262. The molecule has 4 nitrogen and oxygen atoms in total. The molecule has 0 aromatic heterocycles. The number of thiol groups is 1. The van der Waals surface area contributed by atoms with Gasteiger partial charge in [-0.2, -0.15) is 13.2 Å². The van der Waals surface area contributed by atoms with E-state index >= 15 is 0 Å². The van der Waals surface area contributed by atoms with Crippen LogP contribution < -0.4 is 0 Å². The molecule has 2 rings (SSSR count). The van der Waals surface area contributed by atoms with Gasteiger partial charge in [0.2, 0.25) is 0 Å². The van der Waals surface area contributed by atoms with Crippen molar-refractivity contribution in [3.63, 3.8) is 0 Å². The molecule has 9 heteroatoms. The first kappa shape index (κ1) is 24.4. The van der Waals surface area contributed by atoms with Crippen molar-refractivity contribution >= 4 is 41.8 Å². The Bertz CT molecular complexity index is 865. The van der Waals surface area contributed by atoms with Crippen LogP contribution in [0.15, 0.2) is 41.3 Å². The van der Waals surface area contributed by atoms with Crippen LogP contribution in [0.5, 0.6) is 0 Å². The number of allylic oxidation sites excluding steroid dienone is 2. The Labute approximate surface area is 183 Å². The Morgan fingerprint density at radius 2 is 2.03 bits per heavy atom. The van der Waals surface area contributed by atoms with Gasteiger partial charge in [-0.25, -0.2) is 0 Å². The summed E-state index contributed by atoms with van der Waals surface area (Å²) < 4.78 is 43.9. The van der Waals surface area contributed by atoms with Gasteiger partial charge in [-0.05, 0) is 36.1 Å². The van der Waals surface area contributed by atoms with E-state index in [1.165, 1.54) is 17.0 Å². The molecule has 0 bridgehead atoms. The fourth-order valence-electron chi connectivity index (χ4n) is 2.79. The van der Waals surface area contributed by atoms with Crippen LogP contribution in [0, 0.1) is 5.92 Å². The minimum absolute atomic E-state index is 0.00925. The maximum atomic E-state index is 13.1. The highest BCUT2D eigenvalue weighted by atomic mass is 32.2. The second-order valence-electron chi connectivity index (χ2n) is 7.33. The quantitative estimate of drug-likeness (QED) is 0.338. The summed E-state index contributed by atoms with van der Waals surface area (Å²) in [7, 11) is 0. The first-order valence-electron chi connectivity index (χ1n) is 9.31. The summed E-state index contributed by atoms with van der Waals surface area (Å²) >= 11 is 5.53. The van der Waals surface area contributed by atoms with Crippen LogP contribution in [-0.2, 0) is 20.5 Å². The lowest BCUT2D eigenvalue weighted by Gasteiger charge is -2.19. The number of alkyl halides is 3. The van der Waals surface area contributed by atoms with Gasteiger partial charge in [0.05, 0.1) is 23.5 Å². The highest BCUT2D eigenvalue weighted by Gasteiger charge is 2.37. The number of ether oxygens (including phenoxy) is 1. The molecule has 1 amide bonds. The predicted molar refractivity (Wildman–Crippen MR) is 116 cm³/mol. The standard InChI is InChI=1S/C21H24F3NO3S2/c1-12(2)11-28-16(26)8-9-25-19(27)18(30-20(25)29)17(13(3)4)14-6-5-7-15(10-14)21(22,23)24/h5-7,10,12,20,29H,3,8-9,11H2,1-2,4H3/b18-17-. The third-order valence-corrected chi connectivity index (χ3v) is 5.89. The minimum Gasteiger partial charge on any atom is -0.465 e. The number of nitrogens with zero attached hydrogens (tertiary/aromatic N) is 1. The Morgan fingerprint density at radius 1 is 1.37 bits per heavy atom. The van der Waals surface area contributed by atoms with Crippen molar-refractivity contribution in [2.45, 2.75) is 38.1 Å². The summed E-state index contributed by atoms with van der Waals surface area (Å²) in [6.07, 6.45) is -4.49. The van der Waals surface area contributed by atoms with Crippen molar-refractivity contribution in [3.8, 4) is 0 Å². The average molecular weight is 460 g/mol. The number of thioether (sulfide) groups is 1. The molecule has 0 spiro atoms. The average Bonchev–Trinajstić information content (AvgIpc) is 2.91. The van der Waals surface area contributed by atoms with Crippen LogP contribution in [0.3, 0.4) is 0 Å². The molecule has 1 heterocycles. The first-order chi connectivity index (χ1) is 13.9. The molecule has 0 radical (unpaired) electrons. The third kappa shape index (κ3) is 6.07. The molecule has 1 aromatic rings. The topological polar surface area (TPSA) is 46.6 Å². The van der Waals surface area contributed by atoms with Crippen molar-refractivity contribution < 1.29 is 27.5 Å². The van der Waals surface area contributed by atoms with Crippen LogP contribution in [0.25, 0.3) is 5.57 Å². The predicted octanol–water partition coefficient (Wildman–Crippen LogP) is 5.37. The van der Waals surface area contributed by atoms with E-state index in [0.29, 0.717) is 17.8 Å². The van der Waals surface area contributed by atoms with E-state index in [-0.39, 0.29) is 29.4 Å². The number of hydrogen-bond donors (Lipinski definition) is 1. The van der Waals surface area contributed by atoms with Gasteiger partial charge in [-0.1, -0.05) is 44.3 Å². The van der Waals surface area contributed by atoms with E-state index < -0.39 is 28.3 Å². The summed E-state index contributed by atoms with van der Waals surface area (Å²) in [6.45, 7) is 9.72. The Hall–Kier alpha value is -1.87. The fraction of sp³-hybridized carbons (Fsp3) is 0.429. The molecule has 1 unspecified atom stereocenters. The molecule has 164 valence electrons. The second kappa shape index (κ2) is 9.96. The van der Waals surface area contributed by atoms with Gasteiger partial charge in [-0.3, -0.25) is 9.59 Å². The van der Waals surface area contributed by atoms with Gasteiger partial charge >= 0.3 is 12.1 Å². The molecule has 30 heavy (non-hydrogen) atoms. The van der Waals surface area contributed by atoms with Crippen molar-refractivity contribution in [2.24, 2.45) is 5.92 Å². The number of carbonyl (C=O) groups excluding carboxylic acids is 2. The molecule has 1 saturated heterocycles. The van der Waals surface area contributed by atoms with Gasteiger partial charge in [0.1, 0.15) is 4.71 Å². The lowest BCUT2D eigenvalue weighted by molar-refractivity contribution is -0.145. The van der Waals surface area contributed by atoms with Gasteiger partial charge in [0.25, 0.3) is 5.91 Å². The zero-order valence-electron chi connectivity index (χ0n) is 17.0. The van der Waals surface area contributed by atoms with Crippen molar-refractivity contribution in [3.05, 3.63) is 52.4 Å². The highest BCUT2D eigenvalue weighted by molar-refractivity contribution is 8.14. The van der Waals surface area contributed by atoms with E-state index in [2.05, 4.69) is 19.2 Å². The van der Waals surface area contributed by atoms with E-state index in [9.17, 15) is 22.8 Å². The second-order valence-corrected chi connectivity index (χ2v) is 9.26. The third-order valence-electron chi connectivity index (χ3n) is 4.21. The Kier molecular flexibility index (Phi) is 8.10. The number of rotatable bonds is 7. The summed E-state index contributed by atoms with van der Waals surface area (Å²) in [4.78, 5) is 26.5. The molecular weight excluding hydrogens is 435 g/mol. The van der Waals surface area contributed by atoms with Crippen LogP contribution in [-0.4, -0.2) is 34.6 Å². The minimum atomic E-state index is -4.50. The largest absolute Gasteiger partial charge is 0.465 e. The maximum absolute atomic E-state index is 13.1. The number of carbonyl (C=O) groups is 2. The molecule has 0 saturated carbocycles. The number of halogens is 3. The van der Waals surface area contributed by atoms with Crippen LogP contribution in [0.1, 0.15) is 38.3 Å². The number of hydrogen-bond acceptors (Lipinski definition) is 5. The molecule has 1 atom stereocenters. The van der Waals surface area contributed by atoms with E-state index in [0.717, 1.165) is 23.9 Å². The van der Waals surface area contributed by atoms with Crippen molar-refractivity contribution in [1.82, 2.24) is 4.90 Å². The highest BCUT2D eigenvalue weighted by Crippen LogP contribution is 2.44. The summed E-state index contributed by atoms with van der Waals surface area (Å²) in [6, 6.07) is 4.79. The van der Waals surface area contributed by atoms with Crippen molar-refractivity contribution in [1.29, 1.82) is 0 Å². The van der Waals surface area contributed by atoms with Gasteiger partial charge in [-0.15, -0.1) is 12.6 Å². The normalized spacial score (nSPS) is 18.7. The van der Waals surface area contributed by atoms with Crippen LogP contribution in [0.2, 0.25) is 0 Å². The zero-order valence-corrected chi connectivity index (χ0v) is 18.7. The first-order valence-corrected chi connectivity index (χ1v) is 10.7. The molecule has 1 aliphatic rings. The fourth-order valence-corrected chi connectivity index (χ4v) is 4.50. The number of esters is 1. The zero-order chi connectivity index (χ0) is 22.6. The molecule has 0 N–H and O–H groups in total. The van der Waals surface area contributed by atoms with Crippen LogP contribution in [0.4, 0.5) is 13.2 Å². The molecule has 1 fully saturated rings. The number of amides is 1. The summed E-state index contributed by atoms with van der Waals surface area (Å²) in [5, 5.41) is 0. The lowest BCUT2D eigenvalue weighted by Crippen LogP contribution is -2.32. The SMILES string of the molecule is C=C(C)/C(=C1/SC(S)N(CCC(=O)OCC(C)C)C1=O)c1cccc(C(F)(F)F)c1. The van der Waals surface area contributed by atoms with Crippen molar-refractivity contribution in [2.75, 3.05) is 13.2 Å². The van der Waals surface area contributed by atoms with E-state index in [1.807, 2.05) is 13.8 Å². The maximum Gasteiger partial charge on any atom is 0.416 e. The monoisotopic (exact) mass is 459 g/mol. The molecule has 1 aliphatic heterocycles. The summed E-state index contributed by atoms with van der Waals surface area (Å²) in [5.74, 6) is -0.611. The molecule has 1 aromatic carbocycles. The Morgan fingerprint density at radius 3 is 2.60 bits per heavy atom. The van der Waals surface area contributed by atoms with E-state index in [4.69, 9.17) is 4.74 Å². The Balaban J connectivity index is 2.28. The van der Waals surface area contributed by atoms with E-state index in [1.54, 1.807) is 6.92 Å². The molecular formula is C21H24F3NO3S2. The lowest BCUT2D eigenvalue weighted by atomic mass is 9.97. The smallest absolute Gasteiger partial charge is 0.416 e. The van der Waals surface area contributed by atoms with Gasteiger partial charge in [0.15, 0.2) is 0 Å². The van der Waals surface area contributed by atoms with Gasteiger partial charge < -0.3 is 9.64 Å². The molecule has 0 aliphatic carbocycles.